The van der Waals surface area contributed by atoms with E-state index in [2.05, 4.69) is 81.9 Å². The number of imidazole rings is 1. The van der Waals surface area contributed by atoms with Crippen LogP contribution in [0, 0.1) is 17.2 Å². The molecule has 0 bridgehead atoms. The fourth-order valence-electron chi connectivity index (χ4n) is 5.73. The van der Waals surface area contributed by atoms with E-state index in [0.717, 1.165) is 43.9 Å². The Hall–Kier alpha value is -3.72. The number of hydrogen-bond acceptors (Lipinski definition) is 4. The van der Waals surface area contributed by atoms with Crippen LogP contribution in [0.2, 0.25) is 0 Å². The number of nitrogens with one attached hydrogen (secondary N) is 1. The third-order valence-corrected chi connectivity index (χ3v) is 7.70. The molecule has 1 saturated heterocycles. The zero-order valence-electron chi connectivity index (χ0n) is 22.0. The molecule has 5 rings (SSSR count). The Morgan fingerprint density at radius 1 is 0.895 bits per heavy atom. The summed E-state index contributed by atoms with van der Waals surface area (Å²) in [6, 6.07) is 33.9. The van der Waals surface area contributed by atoms with Crippen molar-refractivity contribution in [1.82, 2.24) is 19.8 Å². The highest BCUT2D eigenvalue weighted by molar-refractivity contribution is 5.33. The number of piperidine rings is 1. The van der Waals surface area contributed by atoms with Gasteiger partial charge in [0.15, 0.2) is 0 Å². The molecule has 1 aromatic heterocycles. The Labute approximate surface area is 226 Å². The lowest BCUT2D eigenvalue weighted by molar-refractivity contribution is 0.168. The maximum atomic E-state index is 9.83. The molecule has 0 amide bonds. The predicted octanol–water partition coefficient (Wildman–Crippen LogP) is 5.67. The smallest absolute Gasteiger partial charge is 0.147 e. The molecule has 4 aromatic rings. The molecular weight excluding hydrogens is 466 g/mol. The number of nitrogens with zero attached hydrogens (tertiary/aromatic N) is 4. The molecule has 1 unspecified atom stereocenters. The number of benzene rings is 3. The standard InChI is InChI=1S/C33H37N5/c34-21-33(30-16-8-3-9-17-30)38-26-36-23-31(38)18-19-35-22-27-11-10-20-37(24-27)25-32(28-12-4-1-5-13-28)29-14-6-2-7-15-29/h1-9,12-17,23,26-27,32-33,35H,10-11,18-20,22,24-25H2/t27-,33?/m0/s1. The number of nitriles is 1. The summed E-state index contributed by atoms with van der Waals surface area (Å²) in [6.07, 6.45) is 7.05. The average molecular weight is 504 g/mol. The summed E-state index contributed by atoms with van der Waals surface area (Å²) in [5.41, 5.74) is 4.86. The number of aromatic nitrogens is 2. The van der Waals surface area contributed by atoms with Gasteiger partial charge in [0.25, 0.3) is 0 Å². The van der Waals surface area contributed by atoms with Gasteiger partial charge in [0, 0.05) is 43.9 Å². The quantitative estimate of drug-likeness (QED) is 0.268. The van der Waals surface area contributed by atoms with E-state index >= 15 is 0 Å². The van der Waals surface area contributed by atoms with Crippen LogP contribution in [0.1, 0.15) is 47.2 Å². The highest BCUT2D eigenvalue weighted by Crippen LogP contribution is 2.28. The van der Waals surface area contributed by atoms with Gasteiger partial charge < -0.3 is 14.8 Å². The van der Waals surface area contributed by atoms with Gasteiger partial charge in [-0.05, 0) is 48.5 Å². The van der Waals surface area contributed by atoms with Gasteiger partial charge in [-0.15, -0.1) is 0 Å². The summed E-state index contributed by atoms with van der Waals surface area (Å²) in [4.78, 5) is 7.01. The largest absolute Gasteiger partial charge is 0.316 e. The first kappa shape index (κ1) is 25.9. The monoisotopic (exact) mass is 503 g/mol. The maximum Gasteiger partial charge on any atom is 0.147 e. The average Bonchev–Trinajstić information content (AvgIpc) is 3.44. The van der Waals surface area contributed by atoms with Gasteiger partial charge in [-0.2, -0.15) is 5.26 Å². The van der Waals surface area contributed by atoms with Crippen molar-refractivity contribution in [2.45, 2.75) is 31.2 Å². The molecule has 0 saturated carbocycles. The van der Waals surface area contributed by atoms with E-state index < -0.39 is 0 Å². The summed E-state index contributed by atoms with van der Waals surface area (Å²) >= 11 is 0. The van der Waals surface area contributed by atoms with Crippen LogP contribution in [0.3, 0.4) is 0 Å². The molecule has 1 aliphatic heterocycles. The van der Waals surface area contributed by atoms with Crippen LogP contribution < -0.4 is 5.32 Å². The number of hydrogen-bond donors (Lipinski definition) is 1. The molecular formula is C33H37N5. The lowest BCUT2D eigenvalue weighted by Gasteiger charge is -2.35. The molecule has 0 aliphatic carbocycles. The van der Waals surface area contributed by atoms with Crippen molar-refractivity contribution in [1.29, 1.82) is 5.26 Å². The fraction of sp³-hybridized carbons (Fsp3) is 0.333. The lowest BCUT2D eigenvalue weighted by Crippen LogP contribution is -2.41. The van der Waals surface area contributed by atoms with Crippen molar-refractivity contribution in [3.63, 3.8) is 0 Å². The van der Waals surface area contributed by atoms with Gasteiger partial charge in [-0.1, -0.05) is 91.0 Å². The SMILES string of the molecule is N#CC(c1ccccc1)n1cncc1CCNC[C@@H]1CCCN(CC(c2ccccc2)c2ccccc2)C1. The number of rotatable bonds is 11. The van der Waals surface area contributed by atoms with E-state index in [1.165, 1.54) is 30.5 Å². The Morgan fingerprint density at radius 2 is 1.53 bits per heavy atom. The summed E-state index contributed by atoms with van der Waals surface area (Å²) in [6.45, 7) is 5.25. The minimum atomic E-state index is -0.345. The van der Waals surface area contributed by atoms with Gasteiger partial charge in [0.05, 0.1) is 12.4 Å². The zero-order chi connectivity index (χ0) is 26.0. The molecule has 1 N–H and O–H groups in total. The van der Waals surface area contributed by atoms with E-state index in [9.17, 15) is 5.26 Å². The van der Waals surface area contributed by atoms with E-state index in [1.54, 1.807) is 6.33 Å². The molecule has 0 spiro atoms. The van der Waals surface area contributed by atoms with Crippen LogP contribution in [-0.2, 0) is 6.42 Å². The Bertz CT molecular complexity index is 1240. The summed E-state index contributed by atoms with van der Waals surface area (Å²) < 4.78 is 2.01. The molecule has 1 aliphatic rings. The molecule has 3 aromatic carbocycles. The van der Waals surface area contributed by atoms with Crippen molar-refractivity contribution in [3.05, 3.63) is 126 Å². The lowest BCUT2D eigenvalue weighted by atomic mass is 9.89. The van der Waals surface area contributed by atoms with Crippen LogP contribution in [0.25, 0.3) is 0 Å². The Balaban J connectivity index is 1.14. The van der Waals surface area contributed by atoms with Gasteiger partial charge in [0.1, 0.15) is 6.04 Å². The zero-order valence-corrected chi connectivity index (χ0v) is 22.0. The Kier molecular flexibility index (Phi) is 8.99. The normalized spacial score (nSPS) is 16.8. The third kappa shape index (κ3) is 6.58. The van der Waals surface area contributed by atoms with Crippen molar-refractivity contribution in [2.24, 2.45) is 5.92 Å². The minimum absolute atomic E-state index is 0.345. The van der Waals surface area contributed by atoms with E-state index in [0.29, 0.717) is 11.8 Å². The van der Waals surface area contributed by atoms with Crippen LogP contribution in [0.15, 0.2) is 104 Å². The molecule has 5 nitrogen and oxygen atoms in total. The van der Waals surface area contributed by atoms with Gasteiger partial charge >= 0.3 is 0 Å². The van der Waals surface area contributed by atoms with Gasteiger partial charge in [0.2, 0.25) is 0 Å². The molecule has 0 radical (unpaired) electrons. The van der Waals surface area contributed by atoms with Crippen LogP contribution in [-0.4, -0.2) is 47.2 Å². The van der Waals surface area contributed by atoms with Crippen molar-refractivity contribution >= 4 is 0 Å². The van der Waals surface area contributed by atoms with Gasteiger partial charge in [-0.25, -0.2) is 4.98 Å². The van der Waals surface area contributed by atoms with Crippen molar-refractivity contribution in [2.75, 3.05) is 32.7 Å². The molecule has 2 heterocycles. The minimum Gasteiger partial charge on any atom is -0.316 e. The molecule has 1 fully saturated rings. The van der Waals surface area contributed by atoms with Crippen LogP contribution in [0.5, 0.6) is 0 Å². The summed E-state index contributed by atoms with van der Waals surface area (Å²) in [5, 5.41) is 13.5. The van der Waals surface area contributed by atoms with Crippen molar-refractivity contribution < 1.29 is 0 Å². The highest BCUT2D eigenvalue weighted by atomic mass is 15.1. The second kappa shape index (κ2) is 13.2. The van der Waals surface area contributed by atoms with E-state index in [1.807, 2.05) is 41.1 Å². The highest BCUT2D eigenvalue weighted by Gasteiger charge is 2.24. The Morgan fingerprint density at radius 3 is 2.16 bits per heavy atom. The topological polar surface area (TPSA) is 56.9 Å². The van der Waals surface area contributed by atoms with Crippen LogP contribution in [0.4, 0.5) is 0 Å². The third-order valence-electron chi connectivity index (χ3n) is 7.70. The molecule has 38 heavy (non-hydrogen) atoms. The van der Waals surface area contributed by atoms with E-state index in [4.69, 9.17) is 0 Å². The first-order valence-electron chi connectivity index (χ1n) is 13.8. The first-order chi connectivity index (χ1) is 18.8. The van der Waals surface area contributed by atoms with Crippen molar-refractivity contribution in [3.8, 4) is 6.07 Å². The van der Waals surface area contributed by atoms with Crippen LogP contribution >= 0.6 is 0 Å². The fourth-order valence-corrected chi connectivity index (χ4v) is 5.73. The maximum absolute atomic E-state index is 9.83. The van der Waals surface area contributed by atoms with E-state index in [-0.39, 0.29) is 6.04 Å². The predicted molar refractivity (Wildman–Crippen MR) is 153 cm³/mol. The summed E-state index contributed by atoms with van der Waals surface area (Å²) in [5.74, 6) is 1.04. The number of likely N-dealkylation sites (tertiary alicyclic amines) is 1. The van der Waals surface area contributed by atoms with Gasteiger partial charge in [-0.3, -0.25) is 0 Å². The second-order valence-electron chi connectivity index (χ2n) is 10.3. The molecule has 5 heteroatoms. The molecule has 2 atom stereocenters. The first-order valence-corrected chi connectivity index (χ1v) is 13.8. The second-order valence-corrected chi connectivity index (χ2v) is 10.3. The summed E-state index contributed by atoms with van der Waals surface area (Å²) in [7, 11) is 0. The molecule has 194 valence electrons.